The molecule has 0 spiro atoms. The molecule has 1 aromatic heterocycles. The summed E-state index contributed by atoms with van der Waals surface area (Å²) in [5.41, 5.74) is 3.22. The van der Waals surface area contributed by atoms with Crippen LogP contribution in [-0.2, 0) is 6.42 Å². The first kappa shape index (κ1) is 11.9. The summed E-state index contributed by atoms with van der Waals surface area (Å²) in [7, 11) is 0. The molecule has 2 aromatic rings. The lowest BCUT2D eigenvalue weighted by Gasteiger charge is -2.03. The summed E-state index contributed by atoms with van der Waals surface area (Å²) in [6.45, 7) is 6.28. The summed E-state index contributed by atoms with van der Waals surface area (Å²) in [6, 6.07) is 6.16. The molecule has 0 aliphatic rings. The number of aromatic nitrogens is 1. The molecular formula is C15H19NO. The number of fused-ring (bicyclic) bond motifs is 1. The van der Waals surface area contributed by atoms with Crippen LogP contribution in [-0.4, -0.2) is 10.8 Å². The van der Waals surface area contributed by atoms with Gasteiger partial charge in [0.2, 0.25) is 0 Å². The van der Waals surface area contributed by atoms with E-state index in [1.165, 1.54) is 5.56 Å². The third kappa shape index (κ3) is 2.26. The molecule has 17 heavy (non-hydrogen) atoms. The quantitative estimate of drug-likeness (QED) is 0.791. The van der Waals surface area contributed by atoms with Gasteiger partial charge in [0, 0.05) is 29.1 Å². The minimum absolute atomic E-state index is 0.236. The van der Waals surface area contributed by atoms with Crippen LogP contribution < -0.4 is 0 Å². The van der Waals surface area contributed by atoms with Crippen molar-refractivity contribution in [1.82, 2.24) is 4.98 Å². The maximum absolute atomic E-state index is 12.1. The van der Waals surface area contributed by atoms with Crippen LogP contribution in [0.25, 0.3) is 10.9 Å². The first-order chi connectivity index (χ1) is 8.13. The fraction of sp³-hybridized carbons (Fsp3) is 0.400. The highest BCUT2D eigenvalue weighted by Gasteiger charge is 2.14. The molecule has 1 aromatic carbocycles. The molecule has 0 atom stereocenters. The number of hydrogen-bond donors (Lipinski definition) is 1. The summed E-state index contributed by atoms with van der Waals surface area (Å²) < 4.78 is 0. The lowest BCUT2D eigenvalue weighted by Crippen LogP contribution is -2.02. The molecule has 0 radical (unpaired) electrons. The summed E-state index contributed by atoms with van der Waals surface area (Å²) in [5.74, 6) is 0.640. The normalized spacial score (nSPS) is 11.3. The van der Waals surface area contributed by atoms with Crippen molar-refractivity contribution in [3.8, 4) is 0 Å². The standard InChI is InChI=1S/C15H19NO/c1-4-11-6-5-7-12-13(9-16-15(11)12)14(17)8-10(2)3/h5-7,9-10,16H,4,8H2,1-3H3. The van der Waals surface area contributed by atoms with Crippen molar-refractivity contribution in [2.45, 2.75) is 33.6 Å². The molecule has 2 rings (SSSR count). The Bertz CT molecular complexity index is 537. The van der Waals surface area contributed by atoms with Gasteiger partial charge >= 0.3 is 0 Å². The third-order valence-electron chi connectivity index (χ3n) is 3.08. The zero-order valence-electron chi connectivity index (χ0n) is 10.7. The predicted molar refractivity (Wildman–Crippen MR) is 71.5 cm³/mol. The minimum Gasteiger partial charge on any atom is -0.360 e. The number of carbonyl (C=O) groups is 1. The van der Waals surface area contributed by atoms with E-state index in [0.717, 1.165) is 22.9 Å². The monoisotopic (exact) mass is 229 g/mol. The van der Waals surface area contributed by atoms with E-state index in [9.17, 15) is 4.79 Å². The summed E-state index contributed by atoms with van der Waals surface area (Å²) in [6.07, 6.45) is 3.45. The predicted octanol–water partition coefficient (Wildman–Crippen LogP) is 3.96. The molecule has 2 heteroatoms. The van der Waals surface area contributed by atoms with Crippen LogP contribution in [0.3, 0.4) is 0 Å². The van der Waals surface area contributed by atoms with E-state index in [4.69, 9.17) is 0 Å². The van der Waals surface area contributed by atoms with Crippen LogP contribution in [0.5, 0.6) is 0 Å². The second-order valence-electron chi connectivity index (χ2n) is 4.92. The maximum atomic E-state index is 12.1. The molecule has 0 aliphatic carbocycles. The second-order valence-corrected chi connectivity index (χ2v) is 4.92. The highest BCUT2D eigenvalue weighted by Crippen LogP contribution is 2.24. The average molecular weight is 229 g/mol. The molecule has 0 saturated carbocycles. The van der Waals surface area contributed by atoms with Crippen molar-refractivity contribution in [3.05, 3.63) is 35.5 Å². The number of aryl methyl sites for hydroxylation is 1. The van der Waals surface area contributed by atoms with E-state index in [2.05, 4.69) is 31.8 Å². The van der Waals surface area contributed by atoms with E-state index in [-0.39, 0.29) is 5.78 Å². The number of rotatable bonds is 4. The van der Waals surface area contributed by atoms with Crippen molar-refractivity contribution in [2.24, 2.45) is 5.92 Å². The first-order valence-electron chi connectivity index (χ1n) is 6.25. The van der Waals surface area contributed by atoms with E-state index in [1.807, 2.05) is 18.3 Å². The number of carbonyl (C=O) groups excluding carboxylic acids is 1. The van der Waals surface area contributed by atoms with Gasteiger partial charge in [0.1, 0.15) is 0 Å². The maximum Gasteiger partial charge on any atom is 0.165 e. The fourth-order valence-electron chi connectivity index (χ4n) is 2.22. The Hall–Kier alpha value is -1.57. The molecule has 1 heterocycles. The number of benzene rings is 1. The van der Waals surface area contributed by atoms with E-state index in [0.29, 0.717) is 12.3 Å². The molecule has 0 bridgehead atoms. The lowest BCUT2D eigenvalue weighted by atomic mass is 9.99. The number of H-pyrrole nitrogens is 1. The topological polar surface area (TPSA) is 32.9 Å². The Morgan fingerprint density at radius 2 is 2.12 bits per heavy atom. The van der Waals surface area contributed by atoms with E-state index in [1.54, 1.807) is 0 Å². The van der Waals surface area contributed by atoms with Crippen LogP contribution in [0.2, 0.25) is 0 Å². The van der Waals surface area contributed by atoms with Crippen molar-refractivity contribution in [2.75, 3.05) is 0 Å². The van der Waals surface area contributed by atoms with Crippen LogP contribution in [0.15, 0.2) is 24.4 Å². The zero-order valence-corrected chi connectivity index (χ0v) is 10.7. The minimum atomic E-state index is 0.236. The average Bonchev–Trinajstić information content (AvgIpc) is 2.71. The van der Waals surface area contributed by atoms with E-state index < -0.39 is 0 Å². The van der Waals surface area contributed by atoms with Gasteiger partial charge in [-0.3, -0.25) is 4.79 Å². The number of nitrogens with one attached hydrogen (secondary N) is 1. The van der Waals surface area contributed by atoms with Gasteiger partial charge in [0.05, 0.1) is 0 Å². The Kier molecular flexibility index (Phi) is 3.32. The fourth-order valence-corrected chi connectivity index (χ4v) is 2.22. The molecule has 0 fully saturated rings. The molecule has 0 unspecified atom stereocenters. The Morgan fingerprint density at radius 3 is 2.76 bits per heavy atom. The van der Waals surface area contributed by atoms with Gasteiger partial charge in [0.15, 0.2) is 5.78 Å². The number of Topliss-reactive ketones (excluding diaryl/α,β-unsaturated/α-hetero) is 1. The Balaban J connectivity index is 2.46. The Labute approximate surface area is 102 Å². The molecule has 0 aliphatic heterocycles. The van der Waals surface area contributed by atoms with Crippen molar-refractivity contribution in [1.29, 1.82) is 0 Å². The highest BCUT2D eigenvalue weighted by molar-refractivity contribution is 6.08. The van der Waals surface area contributed by atoms with Gasteiger partial charge in [-0.2, -0.15) is 0 Å². The van der Waals surface area contributed by atoms with Crippen molar-refractivity contribution >= 4 is 16.7 Å². The Morgan fingerprint density at radius 1 is 1.35 bits per heavy atom. The number of ketones is 1. The molecule has 1 N–H and O–H groups in total. The molecule has 2 nitrogen and oxygen atoms in total. The van der Waals surface area contributed by atoms with Crippen LogP contribution in [0, 0.1) is 5.92 Å². The van der Waals surface area contributed by atoms with Crippen molar-refractivity contribution in [3.63, 3.8) is 0 Å². The first-order valence-corrected chi connectivity index (χ1v) is 6.25. The van der Waals surface area contributed by atoms with E-state index >= 15 is 0 Å². The van der Waals surface area contributed by atoms with Crippen LogP contribution in [0.1, 0.15) is 43.1 Å². The van der Waals surface area contributed by atoms with Gasteiger partial charge in [-0.25, -0.2) is 0 Å². The smallest absolute Gasteiger partial charge is 0.165 e. The summed E-state index contributed by atoms with van der Waals surface area (Å²) >= 11 is 0. The number of hydrogen-bond acceptors (Lipinski definition) is 1. The molecular weight excluding hydrogens is 210 g/mol. The van der Waals surface area contributed by atoms with Crippen LogP contribution >= 0.6 is 0 Å². The zero-order chi connectivity index (χ0) is 12.4. The second kappa shape index (κ2) is 4.74. The number of para-hydroxylation sites is 1. The molecule has 0 saturated heterocycles. The van der Waals surface area contributed by atoms with Crippen molar-refractivity contribution < 1.29 is 4.79 Å². The third-order valence-corrected chi connectivity index (χ3v) is 3.08. The molecule has 0 amide bonds. The van der Waals surface area contributed by atoms with Gasteiger partial charge in [-0.1, -0.05) is 39.0 Å². The number of aromatic amines is 1. The largest absolute Gasteiger partial charge is 0.360 e. The van der Waals surface area contributed by atoms with Gasteiger partial charge < -0.3 is 4.98 Å². The summed E-state index contributed by atoms with van der Waals surface area (Å²) in [4.78, 5) is 15.4. The molecule has 90 valence electrons. The van der Waals surface area contributed by atoms with Gasteiger partial charge in [-0.15, -0.1) is 0 Å². The van der Waals surface area contributed by atoms with Crippen LogP contribution in [0.4, 0.5) is 0 Å². The highest BCUT2D eigenvalue weighted by atomic mass is 16.1. The van der Waals surface area contributed by atoms with Gasteiger partial charge in [0.25, 0.3) is 0 Å². The summed E-state index contributed by atoms with van der Waals surface area (Å²) in [5, 5.41) is 1.06. The van der Waals surface area contributed by atoms with Gasteiger partial charge in [-0.05, 0) is 17.9 Å². The lowest BCUT2D eigenvalue weighted by molar-refractivity contribution is 0.0969. The SMILES string of the molecule is CCc1cccc2c(C(=O)CC(C)C)c[nH]c12.